The van der Waals surface area contributed by atoms with Crippen molar-refractivity contribution in [1.29, 1.82) is 0 Å². The molecule has 4 nitrogen and oxygen atoms in total. The molecule has 0 atom stereocenters. The number of hydrogen-bond acceptors (Lipinski definition) is 3. The van der Waals surface area contributed by atoms with Gasteiger partial charge in [0.25, 0.3) is 9.05 Å². The molecular weight excluding hydrogens is 250 g/mol. The van der Waals surface area contributed by atoms with Crippen LogP contribution in [0.4, 0.5) is 0 Å². The van der Waals surface area contributed by atoms with Crippen molar-refractivity contribution < 1.29 is 13.2 Å². The zero-order chi connectivity index (χ0) is 12.2. The molecule has 0 aliphatic rings. The number of nitrogens with one attached hydrogen (secondary N) is 1. The van der Waals surface area contributed by atoms with E-state index in [2.05, 4.69) is 5.32 Å². The van der Waals surface area contributed by atoms with E-state index < -0.39 is 9.05 Å². The van der Waals surface area contributed by atoms with Gasteiger partial charge in [-0.15, -0.1) is 0 Å². The third-order valence-corrected chi connectivity index (χ3v) is 3.43. The Balaban J connectivity index is 2.84. The van der Waals surface area contributed by atoms with Gasteiger partial charge in [0, 0.05) is 24.2 Å². The van der Waals surface area contributed by atoms with Gasteiger partial charge in [0.2, 0.25) is 5.91 Å². The van der Waals surface area contributed by atoms with Crippen LogP contribution in [0.1, 0.15) is 12.5 Å². The fourth-order valence-electron chi connectivity index (χ4n) is 1.32. The highest BCUT2D eigenvalue weighted by Gasteiger charge is 2.14. The Morgan fingerprint density at radius 1 is 1.38 bits per heavy atom. The number of amides is 1. The van der Waals surface area contributed by atoms with E-state index in [0.29, 0.717) is 18.5 Å². The molecule has 1 N–H and O–H groups in total. The first kappa shape index (κ1) is 13.0. The maximum atomic E-state index is 11.2. The first-order valence-corrected chi connectivity index (χ1v) is 6.99. The molecule has 0 spiro atoms. The molecule has 1 aromatic carbocycles. The largest absolute Gasteiger partial charge is 0.356 e. The van der Waals surface area contributed by atoms with Crippen molar-refractivity contribution in [2.24, 2.45) is 0 Å². The Hall–Kier alpha value is -1.07. The molecular formula is C10H12ClNO3S. The van der Waals surface area contributed by atoms with Crippen molar-refractivity contribution in [2.45, 2.75) is 18.2 Å². The summed E-state index contributed by atoms with van der Waals surface area (Å²) < 4.78 is 22.5. The van der Waals surface area contributed by atoms with Gasteiger partial charge in [-0.1, -0.05) is 18.2 Å². The molecule has 0 fully saturated rings. The molecule has 0 aromatic heterocycles. The van der Waals surface area contributed by atoms with Crippen LogP contribution in [0.2, 0.25) is 0 Å². The van der Waals surface area contributed by atoms with Crippen LogP contribution in [0.3, 0.4) is 0 Å². The molecule has 6 heteroatoms. The van der Waals surface area contributed by atoms with Crippen molar-refractivity contribution in [3.63, 3.8) is 0 Å². The first-order valence-electron chi connectivity index (χ1n) is 4.68. The van der Waals surface area contributed by atoms with Gasteiger partial charge >= 0.3 is 0 Å². The summed E-state index contributed by atoms with van der Waals surface area (Å²) in [6.45, 7) is 1.79. The Morgan fingerprint density at radius 3 is 2.56 bits per heavy atom. The van der Waals surface area contributed by atoms with Gasteiger partial charge in [-0.3, -0.25) is 4.79 Å². The third kappa shape index (κ3) is 3.83. The fraction of sp³-hybridized carbons (Fsp3) is 0.300. The zero-order valence-electron chi connectivity index (χ0n) is 8.73. The van der Waals surface area contributed by atoms with Crippen LogP contribution in [0.5, 0.6) is 0 Å². The van der Waals surface area contributed by atoms with Gasteiger partial charge in [-0.25, -0.2) is 8.42 Å². The van der Waals surface area contributed by atoms with Crippen molar-refractivity contribution in [1.82, 2.24) is 5.32 Å². The van der Waals surface area contributed by atoms with Crippen LogP contribution in [-0.2, 0) is 20.3 Å². The van der Waals surface area contributed by atoms with Gasteiger partial charge in [-0.05, 0) is 18.1 Å². The van der Waals surface area contributed by atoms with Crippen LogP contribution in [0, 0.1) is 0 Å². The monoisotopic (exact) mass is 261 g/mol. The van der Waals surface area contributed by atoms with Crippen LogP contribution in [-0.4, -0.2) is 20.9 Å². The minimum absolute atomic E-state index is 0.0991. The summed E-state index contributed by atoms with van der Waals surface area (Å²) in [5, 5.41) is 2.60. The third-order valence-electron chi connectivity index (χ3n) is 2.00. The van der Waals surface area contributed by atoms with Crippen LogP contribution < -0.4 is 5.32 Å². The van der Waals surface area contributed by atoms with E-state index in [-0.39, 0.29) is 10.8 Å². The standard InChI is InChI=1S/C10H12ClNO3S/c1-8(13)12-7-6-9-4-2-3-5-10(9)16(11,14)15/h2-5H,6-7H2,1H3,(H,12,13). The lowest BCUT2D eigenvalue weighted by atomic mass is 10.1. The zero-order valence-corrected chi connectivity index (χ0v) is 10.3. The number of benzene rings is 1. The van der Waals surface area contributed by atoms with Gasteiger partial charge in [0.15, 0.2) is 0 Å². The van der Waals surface area contributed by atoms with E-state index in [1.807, 2.05) is 0 Å². The molecule has 0 saturated carbocycles. The van der Waals surface area contributed by atoms with Gasteiger partial charge < -0.3 is 5.32 Å². The molecule has 1 amide bonds. The van der Waals surface area contributed by atoms with E-state index in [1.165, 1.54) is 13.0 Å². The smallest absolute Gasteiger partial charge is 0.261 e. The van der Waals surface area contributed by atoms with Crippen LogP contribution in [0.15, 0.2) is 29.2 Å². The average Bonchev–Trinajstić information content (AvgIpc) is 2.16. The molecule has 0 saturated heterocycles. The van der Waals surface area contributed by atoms with Crippen LogP contribution in [0.25, 0.3) is 0 Å². The average molecular weight is 262 g/mol. The number of carbonyl (C=O) groups excluding carboxylic acids is 1. The molecule has 1 aromatic rings. The Labute approximate surface area is 99.0 Å². The lowest BCUT2D eigenvalue weighted by Crippen LogP contribution is -2.22. The van der Waals surface area contributed by atoms with Crippen molar-refractivity contribution in [3.05, 3.63) is 29.8 Å². The Morgan fingerprint density at radius 2 is 2.00 bits per heavy atom. The topological polar surface area (TPSA) is 63.2 Å². The second-order valence-electron chi connectivity index (χ2n) is 3.28. The number of halogens is 1. The SMILES string of the molecule is CC(=O)NCCc1ccccc1S(=O)(=O)Cl. The quantitative estimate of drug-likeness (QED) is 0.831. The number of carbonyl (C=O) groups is 1. The minimum atomic E-state index is -3.72. The van der Waals surface area contributed by atoms with Gasteiger partial charge in [-0.2, -0.15) is 0 Å². The lowest BCUT2D eigenvalue weighted by Gasteiger charge is -2.06. The maximum Gasteiger partial charge on any atom is 0.261 e. The van der Waals surface area contributed by atoms with Crippen molar-refractivity contribution in [2.75, 3.05) is 6.54 Å². The van der Waals surface area contributed by atoms with E-state index in [9.17, 15) is 13.2 Å². The summed E-state index contributed by atoms with van der Waals surface area (Å²) in [7, 11) is 1.57. The summed E-state index contributed by atoms with van der Waals surface area (Å²) in [5.74, 6) is -0.147. The lowest BCUT2D eigenvalue weighted by molar-refractivity contribution is -0.118. The van der Waals surface area contributed by atoms with Crippen molar-refractivity contribution >= 4 is 25.6 Å². The molecule has 0 unspecified atom stereocenters. The second-order valence-corrected chi connectivity index (χ2v) is 5.81. The van der Waals surface area contributed by atoms with E-state index in [1.54, 1.807) is 18.2 Å². The van der Waals surface area contributed by atoms with E-state index in [0.717, 1.165) is 0 Å². The molecule has 0 radical (unpaired) electrons. The fourth-order valence-corrected chi connectivity index (χ4v) is 2.50. The molecule has 0 heterocycles. The molecule has 88 valence electrons. The highest BCUT2D eigenvalue weighted by atomic mass is 35.7. The second kappa shape index (κ2) is 5.32. The Kier molecular flexibility index (Phi) is 4.32. The molecule has 1 rings (SSSR count). The predicted octanol–water partition coefficient (Wildman–Crippen LogP) is 1.29. The molecule has 0 bridgehead atoms. The van der Waals surface area contributed by atoms with Gasteiger partial charge in [0.1, 0.15) is 0 Å². The van der Waals surface area contributed by atoms with E-state index in [4.69, 9.17) is 10.7 Å². The molecule has 0 aliphatic heterocycles. The predicted molar refractivity (Wildman–Crippen MR) is 61.9 cm³/mol. The highest BCUT2D eigenvalue weighted by molar-refractivity contribution is 8.13. The number of rotatable bonds is 4. The number of hydrogen-bond donors (Lipinski definition) is 1. The summed E-state index contributed by atoms with van der Waals surface area (Å²) in [6.07, 6.45) is 0.432. The molecule has 0 aliphatic carbocycles. The first-order chi connectivity index (χ1) is 7.41. The van der Waals surface area contributed by atoms with Crippen molar-refractivity contribution in [3.8, 4) is 0 Å². The summed E-state index contributed by atoms with van der Waals surface area (Å²) in [6, 6.07) is 6.47. The summed E-state index contributed by atoms with van der Waals surface area (Å²) in [4.78, 5) is 10.8. The normalized spacial score (nSPS) is 11.1. The maximum absolute atomic E-state index is 11.2. The Bertz CT molecular complexity index is 485. The van der Waals surface area contributed by atoms with E-state index >= 15 is 0 Å². The summed E-state index contributed by atoms with van der Waals surface area (Å²) in [5.41, 5.74) is 0.603. The molecule has 16 heavy (non-hydrogen) atoms. The highest BCUT2D eigenvalue weighted by Crippen LogP contribution is 2.19. The minimum Gasteiger partial charge on any atom is -0.356 e. The van der Waals surface area contributed by atoms with Gasteiger partial charge in [0.05, 0.1) is 4.90 Å². The summed E-state index contributed by atoms with van der Waals surface area (Å²) >= 11 is 0. The van der Waals surface area contributed by atoms with Crippen LogP contribution >= 0.6 is 10.7 Å².